The molecule has 1 aliphatic rings. The smallest absolute Gasteiger partial charge is 0.207 e. The van der Waals surface area contributed by atoms with E-state index in [1.807, 2.05) is 0 Å². The Hall–Kier alpha value is -0.980. The average Bonchev–Trinajstić information content (AvgIpc) is 2.92. The molecule has 1 aromatic rings. The second-order valence-electron chi connectivity index (χ2n) is 5.58. The van der Waals surface area contributed by atoms with Crippen molar-refractivity contribution in [3.05, 3.63) is 35.6 Å². The predicted octanol–water partition coefficient (Wildman–Crippen LogP) is 2.52. The molecule has 1 aliphatic carbocycles. The van der Waals surface area contributed by atoms with Crippen molar-refractivity contribution in [2.24, 2.45) is 0 Å². The minimum Gasteiger partial charge on any atom is -0.207 e. The Morgan fingerprint density at radius 2 is 1.76 bits per heavy atom. The summed E-state index contributed by atoms with van der Waals surface area (Å²) in [4.78, 5) is 0. The second-order valence-corrected chi connectivity index (χ2v) is 7.11. The second kappa shape index (κ2) is 7.87. The highest BCUT2D eigenvalue weighted by Crippen LogP contribution is 2.18. The van der Waals surface area contributed by atoms with Gasteiger partial charge in [-0.1, -0.05) is 25.0 Å². The van der Waals surface area contributed by atoms with Gasteiger partial charge in [-0.05, 0) is 49.8 Å². The van der Waals surface area contributed by atoms with Crippen LogP contribution in [0.5, 0.6) is 0 Å². The molecular weight excluding hydrogens is 291 g/mol. The molecule has 0 heterocycles. The van der Waals surface area contributed by atoms with Gasteiger partial charge in [-0.3, -0.25) is 0 Å². The van der Waals surface area contributed by atoms with Crippen LogP contribution in [-0.2, 0) is 16.6 Å². The SMILES string of the molecule is O=S(=O)(NCCCCc1ccc(F)cc1)NC1CCCC1. The van der Waals surface area contributed by atoms with Crippen molar-refractivity contribution in [3.63, 3.8) is 0 Å². The molecule has 118 valence electrons. The molecule has 0 saturated heterocycles. The van der Waals surface area contributed by atoms with Gasteiger partial charge in [0.1, 0.15) is 5.82 Å². The minimum atomic E-state index is -3.37. The highest BCUT2D eigenvalue weighted by molar-refractivity contribution is 7.87. The molecule has 2 N–H and O–H groups in total. The summed E-state index contributed by atoms with van der Waals surface area (Å²) in [6.45, 7) is 0.434. The summed E-state index contributed by atoms with van der Waals surface area (Å²) in [6.07, 6.45) is 6.55. The van der Waals surface area contributed by atoms with Crippen LogP contribution in [0.1, 0.15) is 44.1 Å². The molecule has 0 unspecified atom stereocenters. The van der Waals surface area contributed by atoms with Crippen LogP contribution >= 0.6 is 0 Å². The lowest BCUT2D eigenvalue weighted by atomic mass is 10.1. The molecule has 0 spiro atoms. The maximum Gasteiger partial charge on any atom is 0.277 e. The molecule has 0 aliphatic heterocycles. The zero-order chi connectivity index (χ0) is 15.1. The Bertz CT molecular complexity index is 525. The zero-order valence-electron chi connectivity index (χ0n) is 12.1. The van der Waals surface area contributed by atoms with Gasteiger partial charge >= 0.3 is 0 Å². The number of aryl methyl sites for hydroxylation is 1. The highest BCUT2D eigenvalue weighted by Gasteiger charge is 2.20. The Labute approximate surface area is 126 Å². The van der Waals surface area contributed by atoms with Gasteiger partial charge in [0.25, 0.3) is 10.2 Å². The van der Waals surface area contributed by atoms with Crippen molar-refractivity contribution in [1.82, 2.24) is 9.44 Å². The van der Waals surface area contributed by atoms with E-state index in [-0.39, 0.29) is 11.9 Å². The molecule has 0 atom stereocenters. The third-order valence-electron chi connectivity index (χ3n) is 3.77. The van der Waals surface area contributed by atoms with E-state index in [4.69, 9.17) is 0 Å². The molecule has 0 radical (unpaired) electrons. The zero-order valence-corrected chi connectivity index (χ0v) is 13.0. The summed E-state index contributed by atoms with van der Waals surface area (Å²) in [5, 5.41) is 0. The summed E-state index contributed by atoms with van der Waals surface area (Å²) in [7, 11) is -3.37. The van der Waals surface area contributed by atoms with Crippen LogP contribution in [0.3, 0.4) is 0 Å². The number of halogens is 1. The van der Waals surface area contributed by atoms with E-state index in [9.17, 15) is 12.8 Å². The molecule has 1 aromatic carbocycles. The topological polar surface area (TPSA) is 58.2 Å². The van der Waals surface area contributed by atoms with Crippen LogP contribution < -0.4 is 9.44 Å². The normalized spacial score (nSPS) is 16.4. The van der Waals surface area contributed by atoms with E-state index in [0.29, 0.717) is 6.54 Å². The van der Waals surface area contributed by atoms with E-state index in [1.54, 1.807) is 12.1 Å². The molecule has 1 saturated carbocycles. The maximum atomic E-state index is 12.7. The molecule has 4 nitrogen and oxygen atoms in total. The number of nitrogens with one attached hydrogen (secondary N) is 2. The van der Waals surface area contributed by atoms with Gasteiger partial charge in [-0.25, -0.2) is 9.11 Å². The fourth-order valence-corrected chi connectivity index (χ4v) is 3.79. The van der Waals surface area contributed by atoms with Crippen LogP contribution in [-0.4, -0.2) is 21.0 Å². The van der Waals surface area contributed by atoms with E-state index in [1.165, 1.54) is 12.1 Å². The summed E-state index contributed by atoms with van der Waals surface area (Å²) < 4.78 is 41.6. The van der Waals surface area contributed by atoms with Crippen LogP contribution in [0.2, 0.25) is 0 Å². The van der Waals surface area contributed by atoms with Crippen molar-refractivity contribution >= 4 is 10.2 Å². The molecule has 0 bridgehead atoms. The molecular formula is C15H23FN2O2S. The number of rotatable bonds is 8. The Morgan fingerprint density at radius 1 is 1.10 bits per heavy atom. The lowest BCUT2D eigenvalue weighted by Crippen LogP contribution is -2.41. The number of unbranched alkanes of at least 4 members (excludes halogenated alkanes) is 1. The quantitative estimate of drug-likeness (QED) is 0.724. The van der Waals surface area contributed by atoms with Crippen molar-refractivity contribution in [2.45, 2.75) is 51.0 Å². The summed E-state index contributed by atoms with van der Waals surface area (Å²) >= 11 is 0. The van der Waals surface area contributed by atoms with Gasteiger partial charge in [-0.15, -0.1) is 0 Å². The van der Waals surface area contributed by atoms with Crippen molar-refractivity contribution in [3.8, 4) is 0 Å². The van der Waals surface area contributed by atoms with Crippen LogP contribution in [0.15, 0.2) is 24.3 Å². The first kappa shape index (κ1) is 16.4. The number of hydrogen-bond donors (Lipinski definition) is 2. The van der Waals surface area contributed by atoms with Crippen molar-refractivity contribution in [2.75, 3.05) is 6.54 Å². The fourth-order valence-electron chi connectivity index (χ4n) is 2.62. The van der Waals surface area contributed by atoms with Gasteiger partial charge in [0.15, 0.2) is 0 Å². The molecule has 2 rings (SSSR count). The first-order chi connectivity index (χ1) is 10.1. The van der Waals surface area contributed by atoms with Crippen LogP contribution in [0, 0.1) is 5.82 Å². The van der Waals surface area contributed by atoms with Gasteiger partial charge in [-0.2, -0.15) is 13.1 Å². The van der Waals surface area contributed by atoms with Crippen molar-refractivity contribution < 1.29 is 12.8 Å². The molecule has 0 aromatic heterocycles. The lowest BCUT2D eigenvalue weighted by Gasteiger charge is -2.13. The third kappa shape index (κ3) is 6.11. The summed E-state index contributed by atoms with van der Waals surface area (Å²) in [6, 6.07) is 6.52. The van der Waals surface area contributed by atoms with Gasteiger partial charge in [0.2, 0.25) is 0 Å². The van der Waals surface area contributed by atoms with E-state index >= 15 is 0 Å². The standard InChI is InChI=1S/C15H23FN2O2S/c16-14-10-8-13(9-11-14)5-3-4-12-17-21(19,20)18-15-6-1-2-7-15/h8-11,15,17-18H,1-7,12H2. The molecule has 21 heavy (non-hydrogen) atoms. The molecule has 6 heteroatoms. The Balaban J connectivity index is 1.61. The third-order valence-corrected chi connectivity index (χ3v) is 5.00. The van der Waals surface area contributed by atoms with Crippen LogP contribution in [0.4, 0.5) is 4.39 Å². The van der Waals surface area contributed by atoms with E-state index in [2.05, 4.69) is 9.44 Å². The van der Waals surface area contributed by atoms with E-state index in [0.717, 1.165) is 50.5 Å². The summed E-state index contributed by atoms with van der Waals surface area (Å²) in [5.41, 5.74) is 1.07. The van der Waals surface area contributed by atoms with Crippen molar-refractivity contribution in [1.29, 1.82) is 0 Å². The number of hydrogen-bond acceptors (Lipinski definition) is 2. The predicted molar refractivity (Wildman–Crippen MR) is 81.7 cm³/mol. The van der Waals surface area contributed by atoms with Gasteiger partial charge in [0, 0.05) is 12.6 Å². The number of benzene rings is 1. The summed E-state index contributed by atoms with van der Waals surface area (Å²) in [5.74, 6) is -0.232. The molecule has 1 fully saturated rings. The molecule has 0 amide bonds. The van der Waals surface area contributed by atoms with Gasteiger partial charge in [0.05, 0.1) is 0 Å². The Morgan fingerprint density at radius 3 is 2.43 bits per heavy atom. The average molecular weight is 314 g/mol. The maximum absolute atomic E-state index is 12.7. The van der Waals surface area contributed by atoms with Crippen LogP contribution in [0.25, 0.3) is 0 Å². The lowest BCUT2D eigenvalue weighted by molar-refractivity contribution is 0.536. The first-order valence-electron chi connectivity index (χ1n) is 7.56. The van der Waals surface area contributed by atoms with E-state index < -0.39 is 10.2 Å². The fraction of sp³-hybridized carbons (Fsp3) is 0.600. The minimum absolute atomic E-state index is 0.0988. The highest BCUT2D eigenvalue weighted by atomic mass is 32.2. The Kier molecular flexibility index (Phi) is 6.14. The first-order valence-corrected chi connectivity index (χ1v) is 9.05. The largest absolute Gasteiger partial charge is 0.277 e. The monoisotopic (exact) mass is 314 g/mol. The van der Waals surface area contributed by atoms with Gasteiger partial charge < -0.3 is 0 Å².